The summed E-state index contributed by atoms with van der Waals surface area (Å²) in [5.41, 5.74) is 3.57. The standard InChI is InChI=1S/C21H22N2O3S/c1-6-9-23-16-11-17(25-4)18(26-5)12-19(16)27-21(23)22-20(24)15-8-7-13(2)10-14(15)3/h6-8,10-12H,1,9H2,2-5H3. The zero-order valence-corrected chi connectivity index (χ0v) is 16.7. The van der Waals surface area contributed by atoms with E-state index in [2.05, 4.69) is 11.6 Å². The molecule has 3 aromatic rings. The molecule has 0 fully saturated rings. The molecule has 0 radical (unpaired) electrons. The molecule has 1 aromatic heterocycles. The summed E-state index contributed by atoms with van der Waals surface area (Å²) in [6.07, 6.45) is 1.78. The zero-order valence-electron chi connectivity index (χ0n) is 15.9. The second-order valence-electron chi connectivity index (χ2n) is 6.19. The number of hydrogen-bond acceptors (Lipinski definition) is 4. The monoisotopic (exact) mass is 382 g/mol. The van der Waals surface area contributed by atoms with Crippen molar-refractivity contribution in [1.82, 2.24) is 4.57 Å². The summed E-state index contributed by atoms with van der Waals surface area (Å²) >= 11 is 1.44. The van der Waals surface area contributed by atoms with Crippen molar-refractivity contribution >= 4 is 27.5 Å². The predicted octanol–water partition coefficient (Wildman–Crippen LogP) is 4.26. The van der Waals surface area contributed by atoms with Crippen LogP contribution in [0.1, 0.15) is 21.5 Å². The molecule has 0 unspecified atom stereocenters. The number of allylic oxidation sites excluding steroid dienone is 1. The maximum atomic E-state index is 12.8. The van der Waals surface area contributed by atoms with Crippen molar-refractivity contribution in [3.63, 3.8) is 0 Å². The van der Waals surface area contributed by atoms with E-state index in [4.69, 9.17) is 9.47 Å². The molecule has 0 aliphatic rings. The zero-order chi connectivity index (χ0) is 19.6. The van der Waals surface area contributed by atoms with Gasteiger partial charge < -0.3 is 14.0 Å². The number of aromatic nitrogens is 1. The Morgan fingerprint density at radius 2 is 1.89 bits per heavy atom. The van der Waals surface area contributed by atoms with Gasteiger partial charge in [-0.25, -0.2) is 0 Å². The minimum Gasteiger partial charge on any atom is -0.493 e. The van der Waals surface area contributed by atoms with Crippen LogP contribution in [0.3, 0.4) is 0 Å². The molecule has 3 rings (SSSR count). The number of fused-ring (bicyclic) bond motifs is 1. The van der Waals surface area contributed by atoms with Gasteiger partial charge in [-0.1, -0.05) is 35.1 Å². The van der Waals surface area contributed by atoms with E-state index in [1.54, 1.807) is 20.3 Å². The Morgan fingerprint density at radius 3 is 2.52 bits per heavy atom. The molecule has 0 bridgehead atoms. The Bertz CT molecular complexity index is 1090. The molecule has 1 heterocycles. The molecule has 6 heteroatoms. The van der Waals surface area contributed by atoms with Crippen molar-refractivity contribution in [2.24, 2.45) is 4.99 Å². The number of thiazole rings is 1. The van der Waals surface area contributed by atoms with Gasteiger partial charge in [0.15, 0.2) is 16.3 Å². The lowest BCUT2D eigenvalue weighted by molar-refractivity contribution is 0.0997. The molecule has 0 saturated carbocycles. The molecule has 0 aliphatic carbocycles. The van der Waals surface area contributed by atoms with E-state index < -0.39 is 0 Å². The van der Waals surface area contributed by atoms with Crippen LogP contribution in [-0.2, 0) is 6.54 Å². The molecule has 0 spiro atoms. The van der Waals surface area contributed by atoms with Crippen LogP contribution < -0.4 is 14.3 Å². The molecule has 0 atom stereocenters. The van der Waals surface area contributed by atoms with Crippen molar-refractivity contribution < 1.29 is 14.3 Å². The summed E-state index contributed by atoms with van der Waals surface area (Å²) in [5.74, 6) is 1.02. The van der Waals surface area contributed by atoms with Gasteiger partial charge in [0.25, 0.3) is 5.91 Å². The highest BCUT2D eigenvalue weighted by atomic mass is 32.1. The average Bonchev–Trinajstić information content (AvgIpc) is 2.96. The first kappa shape index (κ1) is 18.9. The van der Waals surface area contributed by atoms with E-state index in [9.17, 15) is 4.79 Å². The molecule has 0 saturated heterocycles. The van der Waals surface area contributed by atoms with E-state index in [0.29, 0.717) is 28.4 Å². The molecule has 5 nitrogen and oxygen atoms in total. The van der Waals surface area contributed by atoms with E-state index in [-0.39, 0.29) is 5.91 Å². The second kappa shape index (κ2) is 7.80. The van der Waals surface area contributed by atoms with Crippen molar-refractivity contribution in [2.75, 3.05) is 14.2 Å². The summed E-state index contributed by atoms with van der Waals surface area (Å²) in [4.78, 5) is 17.8. The van der Waals surface area contributed by atoms with Crippen LogP contribution in [0.2, 0.25) is 0 Å². The molecular formula is C21H22N2O3S. The number of ether oxygens (including phenoxy) is 2. The van der Waals surface area contributed by atoms with E-state index in [1.807, 2.05) is 48.7 Å². The fourth-order valence-electron chi connectivity index (χ4n) is 2.99. The van der Waals surface area contributed by atoms with Gasteiger partial charge in [-0.2, -0.15) is 4.99 Å². The minimum atomic E-state index is -0.254. The summed E-state index contributed by atoms with van der Waals surface area (Å²) in [7, 11) is 3.20. The van der Waals surface area contributed by atoms with Gasteiger partial charge >= 0.3 is 0 Å². The van der Waals surface area contributed by atoms with Crippen molar-refractivity contribution in [3.8, 4) is 11.5 Å². The maximum absolute atomic E-state index is 12.8. The van der Waals surface area contributed by atoms with E-state index in [1.165, 1.54) is 11.3 Å². The molecule has 0 N–H and O–H groups in total. The minimum absolute atomic E-state index is 0.254. The summed E-state index contributed by atoms with van der Waals surface area (Å²) in [6.45, 7) is 8.29. The Morgan fingerprint density at radius 1 is 1.19 bits per heavy atom. The third-order valence-electron chi connectivity index (χ3n) is 4.31. The Kier molecular flexibility index (Phi) is 5.46. The molecule has 0 aliphatic heterocycles. The third kappa shape index (κ3) is 3.66. The van der Waals surface area contributed by atoms with Crippen LogP contribution in [-0.4, -0.2) is 24.7 Å². The van der Waals surface area contributed by atoms with Gasteiger partial charge in [0, 0.05) is 24.2 Å². The van der Waals surface area contributed by atoms with Crippen LogP contribution in [0.5, 0.6) is 11.5 Å². The number of nitrogens with zero attached hydrogens (tertiary/aromatic N) is 2. The van der Waals surface area contributed by atoms with E-state index >= 15 is 0 Å². The van der Waals surface area contributed by atoms with Gasteiger partial charge in [-0.15, -0.1) is 6.58 Å². The van der Waals surface area contributed by atoms with Crippen LogP contribution in [0.25, 0.3) is 10.2 Å². The Labute approximate surface area is 162 Å². The number of benzene rings is 2. The van der Waals surface area contributed by atoms with Gasteiger partial charge in [0.2, 0.25) is 0 Å². The Balaban J connectivity index is 2.20. The number of methoxy groups -OCH3 is 2. The van der Waals surface area contributed by atoms with Gasteiger partial charge in [0.05, 0.1) is 24.4 Å². The number of carbonyl (C=O) groups is 1. The fourth-order valence-corrected chi connectivity index (χ4v) is 4.04. The third-order valence-corrected chi connectivity index (χ3v) is 5.35. The molecule has 27 heavy (non-hydrogen) atoms. The lowest BCUT2D eigenvalue weighted by Crippen LogP contribution is -2.16. The van der Waals surface area contributed by atoms with Crippen LogP contribution in [0.4, 0.5) is 0 Å². The molecule has 2 aromatic carbocycles. The molecular weight excluding hydrogens is 360 g/mol. The quantitative estimate of drug-likeness (QED) is 0.620. The topological polar surface area (TPSA) is 52.8 Å². The average molecular weight is 382 g/mol. The number of carbonyl (C=O) groups excluding carboxylic acids is 1. The highest BCUT2D eigenvalue weighted by molar-refractivity contribution is 7.16. The first-order valence-corrected chi connectivity index (χ1v) is 9.32. The number of amides is 1. The van der Waals surface area contributed by atoms with Crippen LogP contribution >= 0.6 is 11.3 Å². The van der Waals surface area contributed by atoms with Gasteiger partial charge in [0.1, 0.15) is 0 Å². The summed E-state index contributed by atoms with van der Waals surface area (Å²) in [5, 5.41) is 0. The van der Waals surface area contributed by atoms with Crippen molar-refractivity contribution in [2.45, 2.75) is 20.4 Å². The lowest BCUT2D eigenvalue weighted by atomic mass is 10.1. The number of aryl methyl sites for hydroxylation is 2. The van der Waals surface area contributed by atoms with Crippen molar-refractivity contribution in [1.29, 1.82) is 0 Å². The fraction of sp³-hybridized carbons (Fsp3) is 0.238. The van der Waals surface area contributed by atoms with Crippen molar-refractivity contribution in [3.05, 3.63) is 64.5 Å². The molecule has 1 amide bonds. The van der Waals surface area contributed by atoms with Crippen LogP contribution in [0.15, 0.2) is 48.0 Å². The second-order valence-corrected chi connectivity index (χ2v) is 7.20. The first-order valence-electron chi connectivity index (χ1n) is 8.51. The predicted molar refractivity (Wildman–Crippen MR) is 109 cm³/mol. The normalized spacial score (nSPS) is 11.6. The smallest absolute Gasteiger partial charge is 0.279 e. The largest absolute Gasteiger partial charge is 0.493 e. The summed E-state index contributed by atoms with van der Waals surface area (Å²) < 4.78 is 13.7. The number of rotatable bonds is 5. The maximum Gasteiger partial charge on any atom is 0.279 e. The molecule has 140 valence electrons. The SMILES string of the molecule is C=CCn1c(=NC(=O)c2ccc(C)cc2C)sc2cc(OC)c(OC)cc21. The van der Waals surface area contributed by atoms with Gasteiger partial charge in [-0.3, -0.25) is 4.79 Å². The highest BCUT2D eigenvalue weighted by Gasteiger charge is 2.14. The summed E-state index contributed by atoms with van der Waals surface area (Å²) in [6, 6.07) is 9.54. The van der Waals surface area contributed by atoms with Crippen LogP contribution in [0, 0.1) is 13.8 Å². The van der Waals surface area contributed by atoms with E-state index in [0.717, 1.165) is 21.3 Å². The lowest BCUT2D eigenvalue weighted by Gasteiger charge is -2.08. The Hall–Kier alpha value is -2.86. The highest BCUT2D eigenvalue weighted by Crippen LogP contribution is 2.33. The number of hydrogen-bond donors (Lipinski definition) is 0. The first-order chi connectivity index (χ1) is 13.0. The van der Waals surface area contributed by atoms with Gasteiger partial charge in [-0.05, 0) is 25.5 Å².